The minimum Gasteiger partial charge on any atom is -0.361 e. The summed E-state index contributed by atoms with van der Waals surface area (Å²) in [5.41, 5.74) is 2.14. The minimum atomic E-state index is -3.34. The largest absolute Gasteiger partial charge is 0.361 e. The van der Waals surface area contributed by atoms with Crippen molar-refractivity contribution >= 4 is 33.0 Å². The predicted molar refractivity (Wildman–Crippen MR) is 132 cm³/mol. The monoisotopic (exact) mass is 495 g/mol. The molecule has 9 heteroatoms. The molecule has 1 aromatic heterocycles. The highest BCUT2D eigenvalue weighted by Gasteiger charge is 2.29. The number of rotatable bonds is 9. The van der Waals surface area contributed by atoms with Gasteiger partial charge in [-0.2, -0.15) is 0 Å². The smallest absolute Gasteiger partial charge is 0.254 e. The van der Waals surface area contributed by atoms with E-state index < -0.39 is 9.84 Å². The van der Waals surface area contributed by atoms with Crippen molar-refractivity contribution < 1.29 is 22.5 Å². The number of nitrogens with zero attached hydrogens (tertiary/aromatic N) is 3. The second-order valence-corrected chi connectivity index (χ2v) is 10.9. The Morgan fingerprint density at radius 1 is 1.06 bits per heavy atom. The first-order chi connectivity index (χ1) is 16.7. The molecule has 3 aromatic rings. The van der Waals surface area contributed by atoms with Crippen molar-refractivity contribution in [1.29, 1.82) is 0 Å². The SMILES string of the molecule is CCN(Cc1cc(C)on1)C(=O)c1cccc(N(C(C)=O)c2ccc(S(=O)(=O)CC3CC3)cc2)c1. The van der Waals surface area contributed by atoms with Crippen molar-refractivity contribution in [1.82, 2.24) is 10.1 Å². The summed E-state index contributed by atoms with van der Waals surface area (Å²) in [6, 6.07) is 15.0. The molecule has 2 amide bonds. The third kappa shape index (κ3) is 5.79. The van der Waals surface area contributed by atoms with Gasteiger partial charge in [0.05, 0.1) is 17.2 Å². The zero-order chi connectivity index (χ0) is 25.2. The lowest BCUT2D eigenvalue weighted by atomic mass is 10.1. The minimum absolute atomic E-state index is 0.161. The lowest BCUT2D eigenvalue weighted by molar-refractivity contribution is -0.115. The zero-order valence-electron chi connectivity index (χ0n) is 20.1. The first-order valence-electron chi connectivity index (χ1n) is 11.6. The Balaban J connectivity index is 1.57. The van der Waals surface area contributed by atoms with Crippen LogP contribution in [0.25, 0.3) is 0 Å². The first kappa shape index (κ1) is 24.7. The van der Waals surface area contributed by atoms with E-state index in [2.05, 4.69) is 5.16 Å². The van der Waals surface area contributed by atoms with Crippen molar-refractivity contribution in [3.63, 3.8) is 0 Å². The molecule has 0 saturated heterocycles. The first-order valence-corrected chi connectivity index (χ1v) is 13.3. The van der Waals surface area contributed by atoms with E-state index in [1.807, 2.05) is 6.92 Å². The maximum atomic E-state index is 13.2. The van der Waals surface area contributed by atoms with Crippen LogP contribution in [0.3, 0.4) is 0 Å². The van der Waals surface area contributed by atoms with Crippen LogP contribution in [0.5, 0.6) is 0 Å². The number of amides is 2. The fourth-order valence-electron chi connectivity index (χ4n) is 3.98. The summed E-state index contributed by atoms with van der Waals surface area (Å²) in [4.78, 5) is 29.2. The molecule has 0 radical (unpaired) electrons. The van der Waals surface area contributed by atoms with Gasteiger partial charge in [-0.1, -0.05) is 11.2 Å². The molecule has 2 aromatic carbocycles. The Morgan fingerprint density at radius 2 is 1.77 bits per heavy atom. The van der Waals surface area contributed by atoms with Crippen LogP contribution < -0.4 is 4.90 Å². The quantitative estimate of drug-likeness (QED) is 0.433. The maximum absolute atomic E-state index is 13.2. The summed E-state index contributed by atoms with van der Waals surface area (Å²) in [5.74, 6) is 0.640. The van der Waals surface area contributed by atoms with Gasteiger partial charge in [0.15, 0.2) is 9.84 Å². The molecule has 0 atom stereocenters. The van der Waals surface area contributed by atoms with E-state index in [1.54, 1.807) is 54.3 Å². The van der Waals surface area contributed by atoms with Gasteiger partial charge in [-0.3, -0.25) is 14.5 Å². The Bertz CT molecular complexity index is 1330. The fourth-order valence-corrected chi connectivity index (χ4v) is 5.68. The van der Waals surface area contributed by atoms with Crippen LogP contribution in [0.15, 0.2) is 64.0 Å². The third-order valence-corrected chi connectivity index (χ3v) is 7.87. The van der Waals surface area contributed by atoms with Crippen molar-refractivity contribution in [3.05, 3.63) is 71.6 Å². The van der Waals surface area contributed by atoms with E-state index in [-0.39, 0.29) is 28.4 Å². The topological polar surface area (TPSA) is 101 Å². The molecular formula is C26H29N3O5S. The lowest BCUT2D eigenvalue weighted by Crippen LogP contribution is -2.30. The Kier molecular flexibility index (Phi) is 7.07. The molecule has 0 spiro atoms. The Labute approximate surface area is 205 Å². The van der Waals surface area contributed by atoms with Crippen molar-refractivity contribution in [2.45, 2.75) is 45.1 Å². The molecule has 184 valence electrons. The van der Waals surface area contributed by atoms with E-state index in [1.165, 1.54) is 24.0 Å². The van der Waals surface area contributed by atoms with Gasteiger partial charge in [0.25, 0.3) is 5.91 Å². The number of anilines is 2. The third-order valence-electron chi connectivity index (χ3n) is 5.97. The molecule has 4 rings (SSSR count). The summed E-state index contributed by atoms with van der Waals surface area (Å²) in [6.45, 7) is 5.89. The van der Waals surface area contributed by atoms with Crippen LogP contribution in [-0.4, -0.2) is 42.6 Å². The number of aromatic nitrogens is 1. The lowest BCUT2D eigenvalue weighted by Gasteiger charge is -2.24. The molecule has 8 nitrogen and oxygen atoms in total. The van der Waals surface area contributed by atoms with Gasteiger partial charge in [0.2, 0.25) is 5.91 Å². The van der Waals surface area contributed by atoms with Crippen LogP contribution in [0.4, 0.5) is 11.4 Å². The zero-order valence-corrected chi connectivity index (χ0v) is 20.9. The molecule has 1 saturated carbocycles. The number of hydrogen-bond donors (Lipinski definition) is 0. The van der Waals surface area contributed by atoms with Gasteiger partial charge >= 0.3 is 0 Å². The summed E-state index contributed by atoms with van der Waals surface area (Å²) in [6.07, 6.45) is 1.91. The standard InChI is InChI=1S/C26H29N3O5S/c1-4-28(16-22-14-18(2)34-27-22)26(31)21-6-5-7-24(15-21)29(19(3)30)23-10-12-25(13-11-23)35(32,33)17-20-8-9-20/h5-7,10-15,20H,4,8-9,16-17H2,1-3H3. The van der Waals surface area contributed by atoms with Crippen molar-refractivity contribution in [2.24, 2.45) is 5.92 Å². The van der Waals surface area contributed by atoms with E-state index in [9.17, 15) is 18.0 Å². The van der Waals surface area contributed by atoms with Crippen LogP contribution in [0.1, 0.15) is 48.5 Å². The van der Waals surface area contributed by atoms with Gasteiger partial charge in [0, 0.05) is 36.5 Å². The van der Waals surface area contributed by atoms with Gasteiger partial charge in [0.1, 0.15) is 11.5 Å². The molecule has 1 fully saturated rings. The summed E-state index contributed by atoms with van der Waals surface area (Å²) >= 11 is 0. The number of carbonyl (C=O) groups is 2. The second-order valence-electron chi connectivity index (χ2n) is 8.87. The molecule has 35 heavy (non-hydrogen) atoms. The molecule has 0 bridgehead atoms. The normalized spacial score (nSPS) is 13.5. The molecular weight excluding hydrogens is 466 g/mol. The van der Waals surface area contributed by atoms with E-state index in [0.717, 1.165) is 12.8 Å². The number of sulfone groups is 1. The summed E-state index contributed by atoms with van der Waals surface area (Å²) < 4.78 is 30.3. The highest BCUT2D eigenvalue weighted by Crippen LogP contribution is 2.33. The van der Waals surface area contributed by atoms with E-state index >= 15 is 0 Å². The maximum Gasteiger partial charge on any atom is 0.254 e. The molecule has 1 aliphatic carbocycles. The average molecular weight is 496 g/mol. The van der Waals surface area contributed by atoms with Gasteiger partial charge in [-0.25, -0.2) is 8.42 Å². The summed E-state index contributed by atoms with van der Waals surface area (Å²) in [5, 5.41) is 3.97. The van der Waals surface area contributed by atoms with E-state index in [4.69, 9.17) is 4.52 Å². The van der Waals surface area contributed by atoms with Gasteiger partial charge in [-0.15, -0.1) is 0 Å². The van der Waals surface area contributed by atoms with Crippen molar-refractivity contribution in [2.75, 3.05) is 17.2 Å². The Morgan fingerprint density at radius 3 is 2.34 bits per heavy atom. The summed E-state index contributed by atoms with van der Waals surface area (Å²) in [7, 11) is -3.34. The molecule has 0 unspecified atom stereocenters. The van der Waals surface area contributed by atoms with Crippen LogP contribution in [0, 0.1) is 12.8 Å². The number of hydrogen-bond acceptors (Lipinski definition) is 6. The average Bonchev–Trinajstić information content (AvgIpc) is 3.54. The number of benzene rings is 2. The second kappa shape index (κ2) is 10.0. The van der Waals surface area contributed by atoms with Crippen molar-refractivity contribution in [3.8, 4) is 0 Å². The van der Waals surface area contributed by atoms with Crippen LogP contribution in [0.2, 0.25) is 0 Å². The molecule has 1 heterocycles. The molecule has 0 N–H and O–H groups in total. The van der Waals surface area contributed by atoms with E-state index in [0.29, 0.717) is 41.5 Å². The van der Waals surface area contributed by atoms with Crippen LogP contribution in [-0.2, 0) is 21.2 Å². The predicted octanol–water partition coefficient (Wildman–Crippen LogP) is 4.51. The van der Waals surface area contributed by atoms with Gasteiger partial charge in [-0.05, 0) is 75.1 Å². The Hall–Kier alpha value is -3.46. The number of aryl methyl sites for hydroxylation is 1. The highest BCUT2D eigenvalue weighted by molar-refractivity contribution is 7.91. The van der Waals surface area contributed by atoms with Crippen LogP contribution >= 0.6 is 0 Å². The number of carbonyl (C=O) groups excluding carboxylic acids is 2. The van der Waals surface area contributed by atoms with Gasteiger partial charge < -0.3 is 9.42 Å². The molecule has 1 aliphatic rings. The molecule has 0 aliphatic heterocycles. The highest BCUT2D eigenvalue weighted by atomic mass is 32.2. The fraction of sp³-hybridized carbons (Fsp3) is 0.346.